The SMILES string of the molecule is NCCC(c1ccc(Cl)cc1)N1CCCC1. The molecule has 0 aliphatic carbocycles. The Labute approximate surface area is 102 Å². The lowest BCUT2D eigenvalue weighted by Gasteiger charge is -2.27. The summed E-state index contributed by atoms with van der Waals surface area (Å²) in [5, 5.41) is 0.802. The molecule has 88 valence electrons. The topological polar surface area (TPSA) is 29.3 Å². The standard InChI is InChI=1S/C13H19ClN2/c14-12-5-3-11(4-6-12)13(7-8-15)16-9-1-2-10-16/h3-6,13H,1-2,7-10,15H2. The van der Waals surface area contributed by atoms with Crippen molar-refractivity contribution in [2.24, 2.45) is 5.73 Å². The molecule has 0 aromatic heterocycles. The van der Waals surface area contributed by atoms with Gasteiger partial charge in [-0.3, -0.25) is 4.90 Å². The second-order valence-corrected chi connectivity index (χ2v) is 4.82. The Hall–Kier alpha value is -0.570. The highest BCUT2D eigenvalue weighted by Crippen LogP contribution is 2.28. The van der Waals surface area contributed by atoms with Crippen LogP contribution in [0.4, 0.5) is 0 Å². The quantitative estimate of drug-likeness (QED) is 0.874. The van der Waals surface area contributed by atoms with Crippen molar-refractivity contribution < 1.29 is 0 Å². The van der Waals surface area contributed by atoms with Crippen molar-refractivity contribution in [1.82, 2.24) is 4.90 Å². The van der Waals surface area contributed by atoms with Crippen LogP contribution in [0, 0.1) is 0 Å². The first-order valence-electron chi connectivity index (χ1n) is 6.01. The van der Waals surface area contributed by atoms with Crippen LogP contribution in [0.2, 0.25) is 5.02 Å². The number of hydrogen-bond acceptors (Lipinski definition) is 2. The van der Waals surface area contributed by atoms with Crippen molar-refractivity contribution >= 4 is 11.6 Å². The van der Waals surface area contributed by atoms with Crippen molar-refractivity contribution in [3.63, 3.8) is 0 Å². The summed E-state index contributed by atoms with van der Waals surface area (Å²) in [7, 11) is 0. The van der Waals surface area contributed by atoms with E-state index in [4.69, 9.17) is 17.3 Å². The van der Waals surface area contributed by atoms with Crippen molar-refractivity contribution in [2.45, 2.75) is 25.3 Å². The molecule has 1 aliphatic rings. The van der Waals surface area contributed by atoms with Gasteiger partial charge in [0.1, 0.15) is 0 Å². The average Bonchev–Trinajstić information content (AvgIpc) is 2.81. The van der Waals surface area contributed by atoms with Gasteiger partial charge in [-0.1, -0.05) is 23.7 Å². The van der Waals surface area contributed by atoms with Gasteiger partial charge in [-0.05, 0) is 56.6 Å². The zero-order chi connectivity index (χ0) is 11.4. The van der Waals surface area contributed by atoms with Crippen LogP contribution in [-0.2, 0) is 0 Å². The molecule has 1 aliphatic heterocycles. The number of halogens is 1. The molecule has 1 atom stereocenters. The van der Waals surface area contributed by atoms with E-state index in [-0.39, 0.29) is 0 Å². The van der Waals surface area contributed by atoms with E-state index < -0.39 is 0 Å². The van der Waals surface area contributed by atoms with Crippen LogP contribution < -0.4 is 5.73 Å². The van der Waals surface area contributed by atoms with Crippen LogP contribution in [0.1, 0.15) is 30.9 Å². The fourth-order valence-electron chi connectivity index (χ4n) is 2.46. The molecule has 1 aromatic carbocycles. The van der Waals surface area contributed by atoms with Crippen LogP contribution in [-0.4, -0.2) is 24.5 Å². The smallest absolute Gasteiger partial charge is 0.0406 e. The first-order chi connectivity index (χ1) is 7.81. The maximum Gasteiger partial charge on any atom is 0.0406 e. The summed E-state index contributed by atoms with van der Waals surface area (Å²) in [4.78, 5) is 2.54. The Morgan fingerprint density at radius 1 is 1.19 bits per heavy atom. The molecule has 16 heavy (non-hydrogen) atoms. The number of nitrogens with zero attached hydrogens (tertiary/aromatic N) is 1. The maximum atomic E-state index is 5.91. The first kappa shape index (κ1) is 11.9. The second-order valence-electron chi connectivity index (χ2n) is 4.39. The zero-order valence-corrected chi connectivity index (χ0v) is 10.3. The molecule has 1 aromatic rings. The number of rotatable bonds is 4. The second kappa shape index (κ2) is 5.67. The van der Waals surface area contributed by atoms with Gasteiger partial charge in [0, 0.05) is 11.1 Å². The minimum Gasteiger partial charge on any atom is -0.330 e. The number of likely N-dealkylation sites (tertiary alicyclic amines) is 1. The van der Waals surface area contributed by atoms with Crippen molar-refractivity contribution in [1.29, 1.82) is 0 Å². The van der Waals surface area contributed by atoms with E-state index in [1.54, 1.807) is 0 Å². The molecule has 0 radical (unpaired) electrons. The summed E-state index contributed by atoms with van der Waals surface area (Å²) in [5.74, 6) is 0. The largest absolute Gasteiger partial charge is 0.330 e. The third kappa shape index (κ3) is 2.76. The molecular formula is C13H19ClN2. The molecule has 1 fully saturated rings. The highest BCUT2D eigenvalue weighted by Gasteiger charge is 2.22. The Kier molecular flexibility index (Phi) is 4.22. The van der Waals surface area contributed by atoms with E-state index in [0.717, 1.165) is 18.0 Å². The number of benzene rings is 1. The van der Waals surface area contributed by atoms with Gasteiger partial charge >= 0.3 is 0 Å². The molecule has 1 saturated heterocycles. The fraction of sp³-hybridized carbons (Fsp3) is 0.538. The Bertz CT molecular complexity index is 317. The lowest BCUT2D eigenvalue weighted by molar-refractivity contribution is 0.236. The predicted octanol–water partition coefficient (Wildman–Crippen LogP) is 2.83. The predicted molar refractivity (Wildman–Crippen MR) is 68.7 cm³/mol. The van der Waals surface area contributed by atoms with Gasteiger partial charge < -0.3 is 5.73 Å². The average molecular weight is 239 g/mol. The van der Waals surface area contributed by atoms with E-state index in [9.17, 15) is 0 Å². The van der Waals surface area contributed by atoms with Gasteiger partial charge in [0.25, 0.3) is 0 Å². The summed E-state index contributed by atoms with van der Waals surface area (Å²) in [6.45, 7) is 3.14. The van der Waals surface area contributed by atoms with Crippen LogP contribution in [0.25, 0.3) is 0 Å². The molecule has 2 rings (SSSR count). The summed E-state index contributed by atoms with van der Waals surface area (Å²) >= 11 is 5.91. The van der Waals surface area contributed by atoms with E-state index in [1.807, 2.05) is 12.1 Å². The van der Waals surface area contributed by atoms with E-state index in [2.05, 4.69) is 17.0 Å². The van der Waals surface area contributed by atoms with E-state index in [1.165, 1.54) is 31.5 Å². The molecule has 0 bridgehead atoms. The molecule has 3 heteroatoms. The van der Waals surface area contributed by atoms with Gasteiger partial charge in [-0.2, -0.15) is 0 Å². The lowest BCUT2D eigenvalue weighted by Crippen LogP contribution is -2.27. The van der Waals surface area contributed by atoms with Gasteiger partial charge in [-0.15, -0.1) is 0 Å². The summed E-state index contributed by atoms with van der Waals surface area (Å²) < 4.78 is 0. The monoisotopic (exact) mass is 238 g/mol. The molecule has 1 unspecified atom stereocenters. The zero-order valence-electron chi connectivity index (χ0n) is 9.53. The van der Waals surface area contributed by atoms with Crippen LogP contribution in [0.15, 0.2) is 24.3 Å². The molecule has 2 N–H and O–H groups in total. The highest BCUT2D eigenvalue weighted by atomic mass is 35.5. The number of hydrogen-bond donors (Lipinski definition) is 1. The highest BCUT2D eigenvalue weighted by molar-refractivity contribution is 6.30. The summed E-state index contributed by atoms with van der Waals surface area (Å²) in [6.07, 6.45) is 3.66. The minimum absolute atomic E-state index is 0.477. The van der Waals surface area contributed by atoms with Gasteiger partial charge in [0.05, 0.1) is 0 Å². The normalized spacial score (nSPS) is 18.9. The Morgan fingerprint density at radius 3 is 2.38 bits per heavy atom. The van der Waals surface area contributed by atoms with Gasteiger partial charge in [0.2, 0.25) is 0 Å². The summed E-state index contributed by atoms with van der Waals surface area (Å²) in [5.41, 5.74) is 7.06. The van der Waals surface area contributed by atoms with Crippen molar-refractivity contribution in [3.05, 3.63) is 34.9 Å². The molecular weight excluding hydrogens is 220 g/mol. The minimum atomic E-state index is 0.477. The third-order valence-electron chi connectivity index (χ3n) is 3.28. The molecule has 0 amide bonds. The van der Waals surface area contributed by atoms with Crippen LogP contribution >= 0.6 is 11.6 Å². The van der Waals surface area contributed by atoms with Crippen molar-refractivity contribution in [2.75, 3.05) is 19.6 Å². The molecule has 0 spiro atoms. The first-order valence-corrected chi connectivity index (χ1v) is 6.38. The summed E-state index contributed by atoms with van der Waals surface area (Å²) in [6, 6.07) is 8.67. The number of nitrogens with two attached hydrogens (primary N) is 1. The fourth-order valence-corrected chi connectivity index (χ4v) is 2.58. The Balaban J connectivity index is 2.14. The van der Waals surface area contributed by atoms with Crippen LogP contribution in [0.3, 0.4) is 0 Å². The maximum absolute atomic E-state index is 5.91. The van der Waals surface area contributed by atoms with Gasteiger partial charge in [0.15, 0.2) is 0 Å². The molecule has 0 saturated carbocycles. The molecule has 1 heterocycles. The third-order valence-corrected chi connectivity index (χ3v) is 3.53. The van der Waals surface area contributed by atoms with Gasteiger partial charge in [-0.25, -0.2) is 0 Å². The van der Waals surface area contributed by atoms with Crippen LogP contribution in [0.5, 0.6) is 0 Å². The molecule has 2 nitrogen and oxygen atoms in total. The van der Waals surface area contributed by atoms with E-state index >= 15 is 0 Å². The van der Waals surface area contributed by atoms with E-state index in [0.29, 0.717) is 6.04 Å². The Morgan fingerprint density at radius 2 is 1.81 bits per heavy atom. The van der Waals surface area contributed by atoms with Crippen molar-refractivity contribution in [3.8, 4) is 0 Å². The lowest BCUT2D eigenvalue weighted by atomic mass is 10.0.